The molecule has 2 nitrogen and oxygen atoms in total. The van der Waals surface area contributed by atoms with E-state index in [0.717, 1.165) is 29.0 Å². The third kappa shape index (κ3) is 4.04. The minimum atomic E-state index is -4.29. The van der Waals surface area contributed by atoms with Gasteiger partial charge < -0.3 is 5.32 Å². The number of rotatable bonds is 4. The topological polar surface area (TPSA) is 24.9 Å². The van der Waals surface area contributed by atoms with Crippen LogP contribution in [0.1, 0.15) is 35.3 Å². The highest BCUT2D eigenvalue weighted by Gasteiger charge is 2.30. The molecule has 1 atom stereocenters. The van der Waals surface area contributed by atoms with Gasteiger partial charge in [-0.2, -0.15) is 13.2 Å². The minimum Gasteiger partial charge on any atom is -0.305 e. The van der Waals surface area contributed by atoms with E-state index in [1.807, 2.05) is 26.0 Å². The van der Waals surface area contributed by atoms with Crippen LogP contribution in [-0.4, -0.2) is 4.98 Å². The average molecular weight is 294 g/mol. The predicted octanol–water partition coefficient (Wildman–Crippen LogP) is 4.26. The maximum absolute atomic E-state index is 12.5. The first-order valence-corrected chi connectivity index (χ1v) is 6.69. The van der Waals surface area contributed by atoms with Crippen LogP contribution in [0, 0.1) is 6.92 Å². The van der Waals surface area contributed by atoms with Crippen LogP contribution < -0.4 is 5.32 Å². The molecule has 5 heteroatoms. The number of aromatic nitrogens is 1. The third-order valence-corrected chi connectivity index (χ3v) is 3.43. The number of nitrogens with one attached hydrogen (secondary N) is 1. The molecule has 0 fully saturated rings. The molecule has 0 amide bonds. The van der Waals surface area contributed by atoms with Crippen molar-refractivity contribution in [2.45, 2.75) is 32.6 Å². The van der Waals surface area contributed by atoms with E-state index in [-0.39, 0.29) is 6.04 Å². The summed E-state index contributed by atoms with van der Waals surface area (Å²) in [5.41, 5.74) is 2.22. The Kier molecular flexibility index (Phi) is 4.63. The van der Waals surface area contributed by atoms with Gasteiger partial charge in [0.1, 0.15) is 0 Å². The molecule has 0 spiro atoms. The molecule has 2 rings (SSSR count). The number of nitrogens with zero attached hydrogens (tertiary/aromatic N) is 1. The van der Waals surface area contributed by atoms with Crippen molar-refractivity contribution < 1.29 is 13.2 Å². The number of hydrogen-bond donors (Lipinski definition) is 1. The fourth-order valence-electron chi connectivity index (χ4n) is 2.03. The van der Waals surface area contributed by atoms with Gasteiger partial charge in [0.05, 0.1) is 11.3 Å². The molecule has 0 aliphatic rings. The molecule has 1 aromatic heterocycles. The monoisotopic (exact) mass is 294 g/mol. The van der Waals surface area contributed by atoms with E-state index in [0.29, 0.717) is 6.54 Å². The predicted molar refractivity (Wildman–Crippen MR) is 75.7 cm³/mol. The molecule has 0 saturated heterocycles. The fraction of sp³-hybridized carbons (Fsp3) is 0.312. The van der Waals surface area contributed by atoms with Crippen LogP contribution >= 0.6 is 0 Å². The fourth-order valence-corrected chi connectivity index (χ4v) is 2.03. The lowest BCUT2D eigenvalue weighted by Gasteiger charge is -2.16. The summed E-state index contributed by atoms with van der Waals surface area (Å²) in [5, 5.41) is 3.27. The second-order valence-electron chi connectivity index (χ2n) is 4.99. The number of alkyl halides is 3. The van der Waals surface area contributed by atoms with Crippen molar-refractivity contribution in [2.24, 2.45) is 0 Å². The van der Waals surface area contributed by atoms with E-state index in [2.05, 4.69) is 10.3 Å². The molecule has 0 saturated carbocycles. The Balaban J connectivity index is 2.01. The van der Waals surface area contributed by atoms with E-state index in [1.165, 1.54) is 12.1 Å². The van der Waals surface area contributed by atoms with Crippen LogP contribution in [0.25, 0.3) is 0 Å². The summed E-state index contributed by atoms with van der Waals surface area (Å²) in [6.07, 6.45) is -2.56. The van der Waals surface area contributed by atoms with Crippen molar-refractivity contribution in [1.29, 1.82) is 0 Å². The first-order chi connectivity index (χ1) is 9.88. The van der Waals surface area contributed by atoms with Crippen LogP contribution in [-0.2, 0) is 12.7 Å². The summed E-state index contributed by atoms with van der Waals surface area (Å²) in [6.45, 7) is 4.47. The van der Waals surface area contributed by atoms with Crippen LogP contribution in [0.4, 0.5) is 13.2 Å². The van der Waals surface area contributed by atoms with Crippen LogP contribution in [0.3, 0.4) is 0 Å². The van der Waals surface area contributed by atoms with Gasteiger partial charge in [-0.3, -0.25) is 4.98 Å². The second kappa shape index (κ2) is 6.26. The molecule has 1 aromatic carbocycles. The molecule has 112 valence electrons. The van der Waals surface area contributed by atoms with Gasteiger partial charge in [-0.15, -0.1) is 0 Å². The molecule has 0 aliphatic heterocycles. The average Bonchev–Trinajstić information content (AvgIpc) is 2.45. The van der Waals surface area contributed by atoms with Crippen molar-refractivity contribution in [3.8, 4) is 0 Å². The van der Waals surface area contributed by atoms with Gasteiger partial charge in [-0.05, 0) is 43.2 Å². The van der Waals surface area contributed by atoms with Crippen molar-refractivity contribution in [1.82, 2.24) is 10.3 Å². The van der Waals surface area contributed by atoms with Gasteiger partial charge in [-0.25, -0.2) is 0 Å². The van der Waals surface area contributed by atoms with Gasteiger partial charge in [0.15, 0.2) is 0 Å². The maximum Gasteiger partial charge on any atom is 0.416 e. The zero-order valence-electron chi connectivity index (χ0n) is 11.9. The summed E-state index contributed by atoms with van der Waals surface area (Å²) < 4.78 is 37.5. The van der Waals surface area contributed by atoms with Gasteiger partial charge in [0.25, 0.3) is 0 Å². The maximum atomic E-state index is 12.5. The Hall–Kier alpha value is -1.88. The summed E-state index contributed by atoms with van der Waals surface area (Å²) >= 11 is 0. The highest BCUT2D eigenvalue weighted by molar-refractivity contribution is 5.26. The molecular formula is C16H17F3N2. The zero-order valence-corrected chi connectivity index (χ0v) is 11.9. The number of aryl methyl sites for hydroxylation is 1. The van der Waals surface area contributed by atoms with Crippen molar-refractivity contribution in [2.75, 3.05) is 0 Å². The molecule has 0 aliphatic carbocycles. The molecule has 1 heterocycles. The first kappa shape index (κ1) is 15.5. The third-order valence-electron chi connectivity index (χ3n) is 3.43. The number of hydrogen-bond acceptors (Lipinski definition) is 2. The molecule has 1 unspecified atom stereocenters. The largest absolute Gasteiger partial charge is 0.416 e. The SMILES string of the molecule is Cc1cccnc1CNC(C)c1ccc(C(F)(F)F)cc1. The summed E-state index contributed by atoms with van der Waals surface area (Å²) in [5.74, 6) is 0. The highest BCUT2D eigenvalue weighted by Crippen LogP contribution is 2.29. The zero-order chi connectivity index (χ0) is 15.5. The van der Waals surface area contributed by atoms with Gasteiger partial charge in [-0.1, -0.05) is 18.2 Å². The molecule has 0 radical (unpaired) electrons. The van der Waals surface area contributed by atoms with Crippen molar-refractivity contribution in [3.63, 3.8) is 0 Å². The highest BCUT2D eigenvalue weighted by atomic mass is 19.4. The van der Waals surface area contributed by atoms with Crippen molar-refractivity contribution >= 4 is 0 Å². The Bertz CT molecular complexity index is 591. The molecule has 0 bridgehead atoms. The van der Waals surface area contributed by atoms with Gasteiger partial charge in [0, 0.05) is 18.8 Å². The molecule has 2 aromatic rings. The lowest BCUT2D eigenvalue weighted by atomic mass is 10.1. The number of halogens is 3. The second-order valence-corrected chi connectivity index (χ2v) is 4.99. The van der Waals surface area contributed by atoms with Crippen molar-refractivity contribution in [3.05, 3.63) is 65.0 Å². The van der Waals surface area contributed by atoms with E-state index in [9.17, 15) is 13.2 Å². The van der Waals surface area contributed by atoms with Gasteiger partial charge >= 0.3 is 6.18 Å². The molecule has 1 N–H and O–H groups in total. The Morgan fingerprint density at radius 3 is 2.38 bits per heavy atom. The summed E-state index contributed by atoms with van der Waals surface area (Å²) in [6, 6.07) is 9.04. The number of pyridine rings is 1. The van der Waals surface area contributed by atoms with E-state index in [1.54, 1.807) is 6.20 Å². The van der Waals surface area contributed by atoms with E-state index >= 15 is 0 Å². The van der Waals surface area contributed by atoms with Crippen LogP contribution in [0.5, 0.6) is 0 Å². The summed E-state index contributed by atoms with van der Waals surface area (Å²) in [7, 11) is 0. The van der Waals surface area contributed by atoms with Crippen LogP contribution in [0.2, 0.25) is 0 Å². The minimum absolute atomic E-state index is 0.0475. The normalized spacial score (nSPS) is 13.2. The molecular weight excluding hydrogens is 277 g/mol. The molecule has 21 heavy (non-hydrogen) atoms. The number of benzene rings is 1. The Morgan fingerprint density at radius 2 is 1.81 bits per heavy atom. The lowest BCUT2D eigenvalue weighted by molar-refractivity contribution is -0.137. The van der Waals surface area contributed by atoms with Gasteiger partial charge in [0.2, 0.25) is 0 Å². The quantitative estimate of drug-likeness (QED) is 0.911. The Morgan fingerprint density at radius 1 is 1.14 bits per heavy atom. The smallest absolute Gasteiger partial charge is 0.305 e. The van der Waals surface area contributed by atoms with Crippen LogP contribution in [0.15, 0.2) is 42.6 Å². The summed E-state index contributed by atoms with van der Waals surface area (Å²) in [4.78, 5) is 4.28. The van der Waals surface area contributed by atoms with E-state index < -0.39 is 11.7 Å². The Labute approximate surface area is 122 Å². The van der Waals surface area contributed by atoms with E-state index in [4.69, 9.17) is 0 Å². The first-order valence-electron chi connectivity index (χ1n) is 6.69. The standard InChI is InChI=1S/C16H17F3N2/c1-11-4-3-9-20-15(11)10-21-12(2)13-5-7-14(8-6-13)16(17,18)19/h3-9,12,21H,10H2,1-2H3. The lowest BCUT2D eigenvalue weighted by Crippen LogP contribution is -2.19.